The van der Waals surface area contributed by atoms with Gasteiger partial charge in [0.2, 0.25) is 0 Å². The molecule has 0 aliphatic heterocycles. The first-order valence-electron chi connectivity index (χ1n) is 23.7. The van der Waals surface area contributed by atoms with Crippen LogP contribution in [0.25, 0.3) is 137 Å². The van der Waals surface area contributed by atoms with Crippen LogP contribution in [-0.2, 0) is 0 Å². The molecular weight excluding hydrogens is 869 g/mol. The molecule has 326 valence electrons. The van der Waals surface area contributed by atoms with Gasteiger partial charge in [0.05, 0.1) is 11.0 Å². The highest BCUT2D eigenvalue weighted by molar-refractivity contribution is 7.26. The summed E-state index contributed by atoms with van der Waals surface area (Å²) >= 11 is 1.85. The second kappa shape index (κ2) is 16.3. The number of thiophene rings is 1. The van der Waals surface area contributed by atoms with E-state index in [0.29, 0.717) is 17.5 Å². The zero-order valence-electron chi connectivity index (χ0n) is 37.8. The molecule has 0 spiro atoms. The van der Waals surface area contributed by atoms with Gasteiger partial charge in [-0.3, -0.25) is 0 Å². The van der Waals surface area contributed by atoms with Gasteiger partial charge < -0.3 is 4.57 Å². The van der Waals surface area contributed by atoms with E-state index in [2.05, 4.69) is 229 Å². The van der Waals surface area contributed by atoms with E-state index in [1.807, 2.05) is 29.5 Å². The number of fused-ring (bicyclic) bond motifs is 8. The lowest BCUT2D eigenvalue weighted by Gasteiger charge is -2.16. The van der Waals surface area contributed by atoms with Crippen molar-refractivity contribution in [3.8, 4) is 73.2 Å². The Morgan fingerprint density at radius 3 is 1.60 bits per heavy atom. The molecule has 0 bridgehead atoms. The molecule has 0 fully saturated rings. The summed E-state index contributed by atoms with van der Waals surface area (Å²) in [6.45, 7) is 0. The lowest BCUT2D eigenvalue weighted by Crippen LogP contribution is -2.02. The summed E-state index contributed by atoms with van der Waals surface area (Å²) < 4.78 is 4.92. The van der Waals surface area contributed by atoms with E-state index < -0.39 is 0 Å². The third-order valence-electron chi connectivity index (χ3n) is 13.8. The van der Waals surface area contributed by atoms with Crippen molar-refractivity contribution in [2.24, 2.45) is 0 Å². The summed E-state index contributed by atoms with van der Waals surface area (Å²) in [5, 5.41) is 9.80. The highest BCUT2D eigenvalue weighted by Gasteiger charge is 2.22. The minimum absolute atomic E-state index is 0.609. The number of nitrogens with zero attached hydrogens (tertiary/aromatic N) is 4. The number of para-hydroxylation sites is 1. The van der Waals surface area contributed by atoms with Gasteiger partial charge >= 0.3 is 0 Å². The Morgan fingerprint density at radius 1 is 0.286 bits per heavy atom. The monoisotopic (exact) mass is 908 g/mol. The number of rotatable bonds is 7. The van der Waals surface area contributed by atoms with E-state index in [9.17, 15) is 0 Å². The maximum absolute atomic E-state index is 5.45. The molecule has 0 atom stereocenters. The molecule has 0 N–H and O–H groups in total. The van der Waals surface area contributed by atoms with E-state index in [0.717, 1.165) is 55.7 Å². The summed E-state index contributed by atoms with van der Waals surface area (Å²) in [5.41, 5.74) is 12.9. The van der Waals surface area contributed by atoms with Crippen molar-refractivity contribution in [2.75, 3.05) is 0 Å². The zero-order valence-corrected chi connectivity index (χ0v) is 38.6. The maximum atomic E-state index is 5.45. The van der Waals surface area contributed by atoms with Crippen LogP contribution >= 0.6 is 11.3 Å². The average Bonchev–Trinajstić information content (AvgIpc) is 3.96. The first kappa shape index (κ1) is 40.1. The lowest BCUT2D eigenvalue weighted by molar-refractivity contribution is 1.07. The fraction of sp³-hybridized carbons (Fsp3) is 0. The van der Waals surface area contributed by atoms with Gasteiger partial charge in [-0.25, -0.2) is 15.0 Å². The van der Waals surface area contributed by atoms with Crippen LogP contribution in [0, 0.1) is 0 Å². The molecule has 3 heterocycles. The standard InChI is InChI=1S/C65H40N4S/c1-3-15-41(16-4-1)42-29-31-43(32-30-42)45-23-13-24-50(35-45)64-66-63(44-17-5-2-6-18-44)67-65(68-64)54-34-33-51(69-58-27-12-11-25-52(58)56-36-46-19-7-9-21-48(46)38-59(56)69)40-55(54)53-26-14-28-60-62(53)57-37-47-20-8-10-22-49(47)39-61(57)70-60/h1-40H. The van der Waals surface area contributed by atoms with Crippen LogP contribution in [0.2, 0.25) is 0 Å². The van der Waals surface area contributed by atoms with Crippen molar-refractivity contribution < 1.29 is 0 Å². The van der Waals surface area contributed by atoms with Crippen LogP contribution in [-0.4, -0.2) is 19.5 Å². The van der Waals surface area contributed by atoms with Crippen molar-refractivity contribution in [1.29, 1.82) is 0 Å². The molecule has 0 unspecified atom stereocenters. The Labute approximate surface area is 408 Å². The maximum Gasteiger partial charge on any atom is 0.164 e. The smallest absolute Gasteiger partial charge is 0.164 e. The molecule has 11 aromatic carbocycles. The highest BCUT2D eigenvalue weighted by atomic mass is 32.1. The predicted octanol–water partition coefficient (Wildman–Crippen LogP) is 17.6. The topological polar surface area (TPSA) is 43.6 Å². The molecule has 14 rings (SSSR count). The van der Waals surface area contributed by atoms with E-state index in [1.165, 1.54) is 63.6 Å². The van der Waals surface area contributed by atoms with Crippen molar-refractivity contribution in [1.82, 2.24) is 19.5 Å². The van der Waals surface area contributed by atoms with Crippen molar-refractivity contribution in [2.45, 2.75) is 0 Å². The Bertz CT molecular complexity index is 4340. The zero-order chi connectivity index (χ0) is 46.1. The van der Waals surface area contributed by atoms with Gasteiger partial charge in [0.15, 0.2) is 17.5 Å². The molecule has 4 nitrogen and oxygen atoms in total. The number of aromatic nitrogens is 4. The van der Waals surface area contributed by atoms with Crippen LogP contribution in [0.5, 0.6) is 0 Å². The van der Waals surface area contributed by atoms with Gasteiger partial charge in [0.25, 0.3) is 0 Å². The average molecular weight is 909 g/mol. The highest BCUT2D eigenvalue weighted by Crippen LogP contribution is 2.45. The molecule has 0 saturated carbocycles. The van der Waals surface area contributed by atoms with Gasteiger partial charge in [0.1, 0.15) is 0 Å². The molecule has 5 heteroatoms. The van der Waals surface area contributed by atoms with Gasteiger partial charge in [0, 0.05) is 53.3 Å². The largest absolute Gasteiger partial charge is 0.309 e. The van der Waals surface area contributed by atoms with E-state index >= 15 is 0 Å². The van der Waals surface area contributed by atoms with E-state index in [-0.39, 0.29) is 0 Å². The molecule has 0 radical (unpaired) electrons. The van der Waals surface area contributed by atoms with Crippen LogP contribution in [0.15, 0.2) is 243 Å². The lowest BCUT2D eigenvalue weighted by atomic mass is 9.93. The second-order valence-electron chi connectivity index (χ2n) is 18.0. The molecule has 70 heavy (non-hydrogen) atoms. The van der Waals surface area contributed by atoms with Crippen LogP contribution < -0.4 is 0 Å². The first-order valence-corrected chi connectivity index (χ1v) is 24.5. The first-order chi connectivity index (χ1) is 34.7. The number of hydrogen-bond donors (Lipinski definition) is 0. The Morgan fingerprint density at radius 2 is 0.843 bits per heavy atom. The van der Waals surface area contributed by atoms with E-state index in [1.54, 1.807) is 0 Å². The third kappa shape index (κ3) is 6.78. The second-order valence-corrected chi connectivity index (χ2v) is 19.1. The quantitative estimate of drug-likeness (QED) is 0.160. The SMILES string of the molecule is c1ccc(-c2ccc(-c3cccc(-c4nc(-c5ccccc5)nc(-c5ccc(-n6c7ccccc7c7cc8ccccc8cc76)cc5-c5cccc6sc7cc8ccccc8cc7c56)n4)c3)cc2)cc1. The van der Waals surface area contributed by atoms with Crippen LogP contribution in [0.1, 0.15) is 0 Å². The minimum atomic E-state index is 0.609. The summed E-state index contributed by atoms with van der Waals surface area (Å²) in [4.78, 5) is 16.0. The normalized spacial score (nSPS) is 11.7. The predicted molar refractivity (Wildman–Crippen MR) is 295 cm³/mol. The summed E-state index contributed by atoms with van der Waals surface area (Å²) in [5.74, 6) is 1.84. The van der Waals surface area contributed by atoms with Gasteiger partial charge in [-0.15, -0.1) is 11.3 Å². The fourth-order valence-electron chi connectivity index (χ4n) is 10.4. The van der Waals surface area contributed by atoms with Gasteiger partial charge in [-0.2, -0.15) is 0 Å². The van der Waals surface area contributed by atoms with Crippen molar-refractivity contribution >= 4 is 74.9 Å². The van der Waals surface area contributed by atoms with Crippen LogP contribution in [0.3, 0.4) is 0 Å². The molecule has 14 aromatic rings. The molecule has 0 amide bonds. The Balaban J connectivity index is 1.01. The number of benzene rings is 11. The molecular formula is C65H40N4S. The molecule has 0 saturated heterocycles. The minimum Gasteiger partial charge on any atom is -0.309 e. The third-order valence-corrected chi connectivity index (χ3v) is 14.9. The Hall–Kier alpha value is -9.03. The van der Waals surface area contributed by atoms with Crippen molar-refractivity contribution in [3.05, 3.63) is 243 Å². The molecule has 0 aliphatic carbocycles. The summed E-state index contributed by atoms with van der Waals surface area (Å²) in [7, 11) is 0. The van der Waals surface area contributed by atoms with Gasteiger partial charge in [-0.05, 0) is 116 Å². The summed E-state index contributed by atoms with van der Waals surface area (Å²) in [6, 6.07) is 87.1. The fourth-order valence-corrected chi connectivity index (χ4v) is 11.6. The Kier molecular flexibility index (Phi) is 9.36. The summed E-state index contributed by atoms with van der Waals surface area (Å²) in [6.07, 6.45) is 0. The van der Waals surface area contributed by atoms with Crippen molar-refractivity contribution in [3.63, 3.8) is 0 Å². The van der Waals surface area contributed by atoms with Gasteiger partial charge in [-0.1, -0.05) is 182 Å². The molecule has 3 aromatic heterocycles. The van der Waals surface area contributed by atoms with Crippen LogP contribution in [0.4, 0.5) is 0 Å². The molecule has 0 aliphatic rings. The van der Waals surface area contributed by atoms with E-state index in [4.69, 9.17) is 15.0 Å². The number of hydrogen-bond acceptors (Lipinski definition) is 4.